The summed E-state index contributed by atoms with van der Waals surface area (Å²) < 4.78 is 7.41. The van der Waals surface area contributed by atoms with Crippen LogP contribution >= 0.6 is 0 Å². The van der Waals surface area contributed by atoms with Gasteiger partial charge in [0, 0.05) is 24.4 Å². The normalized spacial score (nSPS) is 16.8. The first kappa shape index (κ1) is 16.0. The highest BCUT2D eigenvalue weighted by Crippen LogP contribution is 2.18. The second kappa shape index (κ2) is 6.76. The molecule has 2 aromatic heterocycles. The van der Waals surface area contributed by atoms with Gasteiger partial charge in [-0.3, -0.25) is 0 Å². The molecule has 1 N–H and O–H groups in total. The Balaban J connectivity index is 1.38. The Hall–Kier alpha value is -2.54. The molecule has 25 heavy (non-hydrogen) atoms. The Labute approximate surface area is 146 Å². The zero-order valence-electron chi connectivity index (χ0n) is 14.6. The van der Waals surface area contributed by atoms with E-state index in [9.17, 15) is 0 Å². The van der Waals surface area contributed by atoms with E-state index in [1.165, 1.54) is 5.56 Å². The van der Waals surface area contributed by atoms with Crippen LogP contribution in [0.1, 0.15) is 36.4 Å². The Morgan fingerprint density at radius 1 is 1.28 bits per heavy atom. The molecule has 1 atom stereocenters. The van der Waals surface area contributed by atoms with Crippen LogP contribution in [0.5, 0.6) is 0 Å². The first-order valence-electron chi connectivity index (χ1n) is 8.77. The second-order valence-electron chi connectivity index (χ2n) is 6.48. The number of fused-ring (bicyclic) bond motifs is 1. The highest BCUT2D eigenvalue weighted by atomic mass is 16.5. The lowest BCUT2D eigenvalue weighted by Gasteiger charge is -2.22. The van der Waals surface area contributed by atoms with E-state index >= 15 is 0 Å². The van der Waals surface area contributed by atoms with Gasteiger partial charge < -0.3 is 9.84 Å². The average Bonchev–Trinajstić information content (AvgIpc) is 3.26. The number of hydrogen-bond acceptors (Lipinski definition) is 6. The van der Waals surface area contributed by atoms with Gasteiger partial charge >= 0.3 is 0 Å². The van der Waals surface area contributed by atoms with Crippen molar-refractivity contribution in [3.8, 4) is 11.5 Å². The van der Waals surface area contributed by atoms with Crippen LogP contribution in [0.15, 0.2) is 28.8 Å². The van der Waals surface area contributed by atoms with Crippen molar-refractivity contribution in [1.82, 2.24) is 30.2 Å². The Morgan fingerprint density at radius 2 is 2.20 bits per heavy atom. The van der Waals surface area contributed by atoms with Crippen LogP contribution in [-0.2, 0) is 25.9 Å². The maximum absolute atomic E-state index is 5.39. The van der Waals surface area contributed by atoms with Gasteiger partial charge in [0.25, 0.3) is 5.89 Å². The molecule has 1 aliphatic rings. The molecule has 0 unspecified atom stereocenters. The first-order chi connectivity index (χ1) is 12.2. The van der Waals surface area contributed by atoms with Gasteiger partial charge in [-0.05, 0) is 25.5 Å². The van der Waals surface area contributed by atoms with Crippen molar-refractivity contribution in [1.29, 1.82) is 0 Å². The predicted octanol–water partition coefficient (Wildman–Crippen LogP) is 2.30. The lowest BCUT2D eigenvalue weighted by molar-refractivity contribution is 0.350. The summed E-state index contributed by atoms with van der Waals surface area (Å²) in [5.41, 5.74) is 2.13. The zero-order valence-corrected chi connectivity index (χ0v) is 14.6. The van der Waals surface area contributed by atoms with Gasteiger partial charge in [-0.15, -0.1) is 0 Å². The fraction of sp³-hybridized carbons (Fsp3) is 0.444. The molecule has 130 valence electrons. The standard InChI is InChI=1S/C18H22N6O/c1-3-15-20-17-8-7-14(11-24(17)22-15)19-10-16-21-18(25-23-16)13-6-4-5-12(2)9-13/h4-6,9,14,19H,3,7-8,10-11H2,1-2H3/t14-/m1/s1. The summed E-state index contributed by atoms with van der Waals surface area (Å²) in [5.74, 6) is 3.26. The van der Waals surface area contributed by atoms with Crippen LogP contribution in [0.4, 0.5) is 0 Å². The molecule has 4 rings (SSSR count). The number of aryl methyl sites for hydroxylation is 3. The van der Waals surface area contributed by atoms with Gasteiger partial charge in [0.2, 0.25) is 0 Å². The van der Waals surface area contributed by atoms with Gasteiger partial charge in [0.15, 0.2) is 11.6 Å². The number of rotatable bonds is 5. The number of hydrogen-bond donors (Lipinski definition) is 1. The van der Waals surface area contributed by atoms with E-state index in [2.05, 4.69) is 32.5 Å². The summed E-state index contributed by atoms with van der Waals surface area (Å²) in [6.45, 7) is 5.56. The lowest BCUT2D eigenvalue weighted by atomic mass is 10.1. The maximum atomic E-state index is 5.39. The molecule has 0 saturated heterocycles. The molecule has 0 fully saturated rings. The van der Waals surface area contributed by atoms with Gasteiger partial charge in [-0.25, -0.2) is 9.67 Å². The van der Waals surface area contributed by atoms with Crippen molar-refractivity contribution in [2.45, 2.75) is 52.2 Å². The van der Waals surface area contributed by atoms with Crippen molar-refractivity contribution >= 4 is 0 Å². The third-order valence-electron chi connectivity index (χ3n) is 4.50. The van der Waals surface area contributed by atoms with Crippen molar-refractivity contribution in [3.05, 3.63) is 47.3 Å². The van der Waals surface area contributed by atoms with E-state index in [-0.39, 0.29) is 0 Å². The molecule has 3 heterocycles. The van der Waals surface area contributed by atoms with Gasteiger partial charge in [-0.2, -0.15) is 10.1 Å². The third kappa shape index (κ3) is 3.46. The molecular weight excluding hydrogens is 316 g/mol. The van der Waals surface area contributed by atoms with E-state index in [1.54, 1.807) is 0 Å². The SMILES string of the molecule is CCc1nc2n(n1)C[C@H](NCc1noc(-c3cccc(C)c3)n1)CC2. The van der Waals surface area contributed by atoms with Crippen LogP contribution in [0, 0.1) is 6.92 Å². The highest BCUT2D eigenvalue weighted by Gasteiger charge is 2.21. The molecular formula is C18H22N6O. The average molecular weight is 338 g/mol. The van der Waals surface area contributed by atoms with Crippen molar-refractivity contribution < 1.29 is 4.52 Å². The molecule has 0 saturated carbocycles. The first-order valence-corrected chi connectivity index (χ1v) is 8.77. The smallest absolute Gasteiger partial charge is 0.257 e. The Kier molecular flexibility index (Phi) is 4.31. The summed E-state index contributed by atoms with van der Waals surface area (Å²) in [5, 5.41) is 12.1. The minimum Gasteiger partial charge on any atom is -0.334 e. The molecule has 0 radical (unpaired) electrons. The van der Waals surface area contributed by atoms with Gasteiger partial charge in [-0.1, -0.05) is 29.8 Å². The Morgan fingerprint density at radius 3 is 3.04 bits per heavy atom. The fourth-order valence-corrected chi connectivity index (χ4v) is 3.13. The van der Waals surface area contributed by atoms with Crippen molar-refractivity contribution in [3.63, 3.8) is 0 Å². The fourth-order valence-electron chi connectivity index (χ4n) is 3.13. The van der Waals surface area contributed by atoms with E-state index in [1.807, 2.05) is 35.9 Å². The summed E-state index contributed by atoms with van der Waals surface area (Å²) in [6, 6.07) is 8.42. The summed E-state index contributed by atoms with van der Waals surface area (Å²) in [6.07, 6.45) is 2.87. The molecule has 1 aromatic carbocycles. The van der Waals surface area contributed by atoms with Crippen LogP contribution in [0.2, 0.25) is 0 Å². The minimum absolute atomic E-state index is 0.347. The summed E-state index contributed by atoms with van der Waals surface area (Å²) in [4.78, 5) is 9.04. The highest BCUT2D eigenvalue weighted by molar-refractivity contribution is 5.53. The zero-order chi connectivity index (χ0) is 17.2. The third-order valence-corrected chi connectivity index (χ3v) is 4.50. The largest absolute Gasteiger partial charge is 0.334 e. The molecule has 0 amide bonds. The molecule has 0 bridgehead atoms. The van der Waals surface area contributed by atoms with E-state index in [4.69, 9.17) is 4.52 Å². The van der Waals surface area contributed by atoms with Crippen LogP contribution < -0.4 is 5.32 Å². The molecule has 1 aliphatic heterocycles. The summed E-state index contributed by atoms with van der Waals surface area (Å²) in [7, 11) is 0. The molecule has 7 nitrogen and oxygen atoms in total. The maximum Gasteiger partial charge on any atom is 0.257 e. The molecule has 3 aromatic rings. The lowest BCUT2D eigenvalue weighted by Crippen LogP contribution is -2.37. The monoisotopic (exact) mass is 338 g/mol. The van der Waals surface area contributed by atoms with E-state index < -0.39 is 0 Å². The van der Waals surface area contributed by atoms with Crippen LogP contribution in [0.25, 0.3) is 11.5 Å². The number of nitrogens with one attached hydrogen (secondary N) is 1. The van der Waals surface area contributed by atoms with Crippen LogP contribution in [0.3, 0.4) is 0 Å². The second-order valence-corrected chi connectivity index (χ2v) is 6.48. The van der Waals surface area contributed by atoms with Gasteiger partial charge in [0.05, 0.1) is 13.1 Å². The van der Waals surface area contributed by atoms with Gasteiger partial charge in [0.1, 0.15) is 5.82 Å². The minimum atomic E-state index is 0.347. The number of benzene rings is 1. The molecule has 7 heteroatoms. The summed E-state index contributed by atoms with van der Waals surface area (Å²) >= 11 is 0. The predicted molar refractivity (Wildman–Crippen MR) is 92.8 cm³/mol. The Bertz CT molecular complexity index is 868. The van der Waals surface area contributed by atoms with E-state index in [0.717, 1.165) is 43.0 Å². The van der Waals surface area contributed by atoms with E-state index in [0.29, 0.717) is 24.3 Å². The number of aromatic nitrogens is 5. The van der Waals surface area contributed by atoms with Crippen LogP contribution in [-0.4, -0.2) is 30.9 Å². The molecule has 0 aliphatic carbocycles. The quantitative estimate of drug-likeness (QED) is 0.769. The van der Waals surface area contributed by atoms with Crippen molar-refractivity contribution in [2.75, 3.05) is 0 Å². The number of nitrogens with zero attached hydrogens (tertiary/aromatic N) is 5. The van der Waals surface area contributed by atoms with Crippen molar-refractivity contribution in [2.24, 2.45) is 0 Å². The molecule has 0 spiro atoms. The topological polar surface area (TPSA) is 81.7 Å².